The van der Waals surface area contributed by atoms with Gasteiger partial charge in [-0.25, -0.2) is 0 Å². The van der Waals surface area contributed by atoms with Crippen LogP contribution in [0.15, 0.2) is 12.2 Å². The molecule has 0 heterocycles. The molecule has 0 radical (unpaired) electrons. The van der Waals surface area contributed by atoms with E-state index in [1.54, 1.807) is 0 Å². The number of fused-ring (bicyclic) bond motifs is 9. The first-order valence-electron chi connectivity index (χ1n) is 15.5. The summed E-state index contributed by atoms with van der Waals surface area (Å²) in [6, 6.07) is 0. The summed E-state index contributed by atoms with van der Waals surface area (Å²) in [4.78, 5) is 25.0. The lowest BCUT2D eigenvalue weighted by Gasteiger charge is -2.60. The average molecular weight is 495 g/mol. The van der Waals surface area contributed by atoms with Crippen LogP contribution in [-0.4, -0.2) is 25.2 Å². The van der Waals surface area contributed by atoms with Crippen LogP contribution in [0.25, 0.3) is 0 Å². The third kappa shape index (κ3) is 3.90. The number of hydrogen-bond acceptors (Lipinski definition) is 4. The Bertz CT molecular complexity index is 878. The highest BCUT2D eigenvalue weighted by Gasteiger charge is 2.62. The van der Waals surface area contributed by atoms with Crippen molar-refractivity contribution < 1.29 is 19.1 Å². The second-order valence-electron chi connectivity index (χ2n) is 14.4. The van der Waals surface area contributed by atoms with E-state index in [9.17, 15) is 9.59 Å². The molecule has 0 amide bonds. The SMILES string of the molecule is CC1(CCCCOC(=O)CCCOC(=O)C2CC3CC2C2C4C=CC(C4)C32)C2CC3CC(C2)CC1C3. The van der Waals surface area contributed by atoms with Gasteiger partial charge in [0.05, 0.1) is 19.1 Å². The maximum atomic E-state index is 12.8. The topological polar surface area (TPSA) is 52.6 Å². The summed E-state index contributed by atoms with van der Waals surface area (Å²) < 4.78 is 11.2. The second-order valence-corrected chi connectivity index (χ2v) is 14.4. The Hall–Kier alpha value is -1.32. The summed E-state index contributed by atoms with van der Waals surface area (Å²) in [5.74, 6) is 8.29. The van der Waals surface area contributed by atoms with E-state index in [2.05, 4.69) is 19.1 Å². The summed E-state index contributed by atoms with van der Waals surface area (Å²) in [6.07, 6.45) is 20.3. The zero-order valence-electron chi connectivity index (χ0n) is 22.2. The highest BCUT2D eigenvalue weighted by atomic mass is 16.5. The summed E-state index contributed by atoms with van der Waals surface area (Å²) in [5.41, 5.74) is 0.537. The van der Waals surface area contributed by atoms with Gasteiger partial charge in [0.15, 0.2) is 0 Å². The molecule has 8 bridgehead atoms. The normalized spacial score (nSPS) is 48.5. The van der Waals surface area contributed by atoms with Crippen LogP contribution in [0.2, 0.25) is 0 Å². The number of carbonyl (C=O) groups excluding carboxylic acids is 2. The smallest absolute Gasteiger partial charge is 0.309 e. The van der Waals surface area contributed by atoms with E-state index in [0.29, 0.717) is 37.4 Å². The predicted molar refractivity (Wildman–Crippen MR) is 138 cm³/mol. The van der Waals surface area contributed by atoms with E-state index >= 15 is 0 Å². The minimum absolute atomic E-state index is 0.000604. The van der Waals surface area contributed by atoms with Crippen LogP contribution in [0, 0.1) is 70.5 Å². The molecule has 0 aromatic heterocycles. The Kier molecular flexibility index (Phi) is 6.05. The highest BCUT2D eigenvalue weighted by molar-refractivity contribution is 5.74. The minimum Gasteiger partial charge on any atom is -0.466 e. The minimum atomic E-state index is -0.136. The highest BCUT2D eigenvalue weighted by Crippen LogP contribution is 2.67. The van der Waals surface area contributed by atoms with E-state index in [1.807, 2.05) is 0 Å². The van der Waals surface area contributed by atoms with Gasteiger partial charge in [0.25, 0.3) is 0 Å². The monoisotopic (exact) mass is 494 g/mol. The van der Waals surface area contributed by atoms with Crippen LogP contribution in [0.1, 0.15) is 90.4 Å². The van der Waals surface area contributed by atoms with Gasteiger partial charge in [0.1, 0.15) is 0 Å². The Morgan fingerprint density at radius 1 is 0.778 bits per heavy atom. The predicted octanol–water partition coefficient (Wildman–Crippen LogP) is 6.58. The van der Waals surface area contributed by atoms with Crippen LogP contribution in [0.3, 0.4) is 0 Å². The van der Waals surface area contributed by atoms with E-state index < -0.39 is 0 Å². The van der Waals surface area contributed by atoms with Gasteiger partial charge in [-0.2, -0.15) is 0 Å². The number of carbonyl (C=O) groups is 2. The number of esters is 2. The fraction of sp³-hybridized carbons (Fsp3) is 0.875. The fourth-order valence-corrected chi connectivity index (χ4v) is 11.3. The molecule has 0 saturated heterocycles. The number of allylic oxidation sites excluding steroid dienone is 2. The average Bonchev–Trinajstić information content (AvgIpc) is 3.65. The molecule has 8 aliphatic rings. The van der Waals surface area contributed by atoms with Gasteiger partial charge in [-0.05, 0) is 142 Å². The van der Waals surface area contributed by atoms with E-state index in [0.717, 1.165) is 66.1 Å². The molecule has 7 fully saturated rings. The molecule has 0 spiro atoms. The van der Waals surface area contributed by atoms with E-state index in [-0.39, 0.29) is 17.9 Å². The molecule has 4 nitrogen and oxygen atoms in total. The summed E-state index contributed by atoms with van der Waals surface area (Å²) in [6.45, 7) is 3.46. The third-order valence-corrected chi connectivity index (χ3v) is 12.7. The van der Waals surface area contributed by atoms with Crippen LogP contribution in [0.4, 0.5) is 0 Å². The Morgan fingerprint density at radius 3 is 2.22 bits per heavy atom. The Labute approximate surface area is 217 Å². The first-order valence-corrected chi connectivity index (χ1v) is 15.5. The molecular formula is C32H46O4. The molecule has 8 aliphatic carbocycles. The lowest BCUT2D eigenvalue weighted by molar-refractivity contribution is -0.153. The van der Waals surface area contributed by atoms with Crippen LogP contribution < -0.4 is 0 Å². The van der Waals surface area contributed by atoms with Crippen molar-refractivity contribution in [2.24, 2.45) is 70.5 Å². The van der Waals surface area contributed by atoms with Gasteiger partial charge in [-0.15, -0.1) is 0 Å². The van der Waals surface area contributed by atoms with Crippen LogP contribution in [0.5, 0.6) is 0 Å². The summed E-state index contributed by atoms with van der Waals surface area (Å²) in [7, 11) is 0. The molecule has 7 unspecified atom stereocenters. The molecule has 4 heteroatoms. The lowest BCUT2D eigenvalue weighted by Crippen LogP contribution is -2.51. The first kappa shape index (κ1) is 23.8. The zero-order chi connectivity index (χ0) is 24.4. The molecule has 8 rings (SSSR count). The van der Waals surface area contributed by atoms with Crippen molar-refractivity contribution in [1.82, 2.24) is 0 Å². The van der Waals surface area contributed by atoms with Gasteiger partial charge in [0.2, 0.25) is 0 Å². The zero-order valence-corrected chi connectivity index (χ0v) is 22.2. The standard InChI is InChI=1S/C32H46O4/c1-32(24-12-19-11-20(14-24)15-25(32)13-19)8-2-3-9-35-28(33)5-4-10-36-31(34)27-18-23-17-26(27)30-22-7-6-21(16-22)29(23)30/h6-7,19-27,29-30H,2-5,8-18H2,1H3. The van der Waals surface area contributed by atoms with Crippen LogP contribution >= 0.6 is 0 Å². The van der Waals surface area contributed by atoms with Gasteiger partial charge < -0.3 is 9.47 Å². The Morgan fingerprint density at radius 2 is 1.47 bits per heavy atom. The number of hydrogen-bond donors (Lipinski definition) is 0. The number of ether oxygens (including phenoxy) is 2. The van der Waals surface area contributed by atoms with Crippen molar-refractivity contribution >= 4 is 11.9 Å². The molecule has 7 atom stereocenters. The van der Waals surface area contributed by atoms with Gasteiger partial charge in [0, 0.05) is 6.42 Å². The first-order chi connectivity index (χ1) is 17.5. The van der Waals surface area contributed by atoms with E-state index in [1.165, 1.54) is 57.8 Å². The molecular weight excluding hydrogens is 448 g/mol. The summed E-state index contributed by atoms with van der Waals surface area (Å²) in [5, 5.41) is 0. The molecule has 0 aliphatic heterocycles. The molecule has 0 N–H and O–H groups in total. The molecule has 7 saturated carbocycles. The van der Waals surface area contributed by atoms with Gasteiger partial charge >= 0.3 is 11.9 Å². The van der Waals surface area contributed by atoms with Crippen molar-refractivity contribution in [1.29, 1.82) is 0 Å². The second kappa shape index (κ2) is 9.16. The third-order valence-electron chi connectivity index (χ3n) is 12.7. The van der Waals surface area contributed by atoms with Gasteiger partial charge in [-0.1, -0.05) is 19.1 Å². The van der Waals surface area contributed by atoms with Crippen molar-refractivity contribution in [3.05, 3.63) is 12.2 Å². The largest absolute Gasteiger partial charge is 0.466 e. The number of unbranched alkanes of at least 4 members (excludes halogenated alkanes) is 1. The van der Waals surface area contributed by atoms with Crippen molar-refractivity contribution in [2.75, 3.05) is 13.2 Å². The van der Waals surface area contributed by atoms with Crippen molar-refractivity contribution in [2.45, 2.75) is 90.4 Å². The molecule has 0 aromatic carbocycles. The quantitative estimate of drug-likeness (QED) is 0.149. The van der Waals surface area contributed by atoms with Crippen LogP contribution in [-0.2, 0) is 19.1 Å². The van der Waals surface area contributed by atoms with E-state index in [4.69, 9.17) is 9.47 Å². The maximum absolute atomic E-state index is 12.8. The molecule has 198 valence electrons. The lowest BCUT2D eigenvalue weighted by atomic mass is 9.45. The van der Waals surface area contributed by atoms with Crippen molar-refractivity contribution in [3.63, 3.8) is 0 Å². The molecule has 36 heavy (non-hydrogen) atoms. The summed E-state index contributed by atoms with van der Waals surface area (Å²) >= 11 is 0. The van der Waals surface area contributed by atoms with Crippen molar-refractivity contribution in [3.8, 4) is 0 Å². The fourth-order valence-electron chi connectivity index (χ4n) is 11.3. The van der Waals surface area contributed by atoms with Gasteiger partial charge in [-0.3, -0.25) is 9.59 Å². The molecule has 0 aromatic rings. The maximum Gasteiger partial charge on any atom is 0.309 e. The number of rotatable bonds is 10. The Balaban J connectivity index is 0.769.